The number of aromatic nitrogens is 2. The summed E-state index contributed by atoms with van der Waals surface area (Å²) >= 11 is 0. The molecule has 0 radical (unpaired) electrons. The van der Waals surface area contributed by atoms with Crippen LogP contribution in [0.25, 0.3) is 0 Å². The van der Waals surface area contributed by atoms with Crippen molar-refractivity contribution < 1.29 is 18.6 Å². The van der Waals surface area contributed by atoms with E-state index in [1.54, 1.807) is 36.3 Å². The average molecular weight is 268 g/mol. The van der Waals surface area contributed by atoms with Gasteiger partial charge in [-0.3, -0.25) is 4.68 Å². The summed E-state index contributed by atoms with van der Waals surface area (Å²) in [5.74, 6) is 0.0396. The van der Waals surface area contributed by atoms with Gasteiger partial charge >= 0.3 is 6.61 Å². The number of ether oxygens (including phenoxy) is 1. The molecule has 19 heavy (non-hydrogen) atoms. The van der Waals surface area contributed by atoms with Gasteiger partial charge < -0.3 is 9.84 Å². The molecule has 0 aliphatic rings. The number of halogens is 2. The highest BCUT2D eigenvalue weighted by molar-refractivity contribution is 5.30. The van der Waals surface area contributed by atoms with Crippen LogP contribution in [0.15, 0.2) is 36.7 Å². The molecule has 2 rings (SSSR count). The van der Waals surface area contributed by atoms with Crippen LogP contribution in [0.1, 0.15) is 17.2 Å². The molecule has 0 amide bonds. The first-order chi connectivity index (χ1) is 9.04. The third kappa shape index (κ3) is 3.75. The van der Waals surface area contributed by atoms with Crippen molar-refractivity contribution in [3.63, 3.8) is 0 Å². The van der Waals surface area contributed by atoms with Crippen LogP contribution in [-0.4, -0.2) is 21.5 Å². The number of benzene rings is 1. The average Bonchev–Trinajstić information content (AvgIpc) is 2.74. The van der Waals surface area contributed by atoms with Crippen molar-refractivity contribution in [1.82, 2.24) is 9.78 Å². The molecular formula is C13H14F2N2O2. The van der Waals surface area contributed by atoms with Gasteiger partial charge in [-0.05, 0) is 23.3 Å². The van der Waals surface area contributed by atoms with Crippen LogP contribution in [0.3, 0.4) is 0 Å². The third-order valence-electron chi connectivity index (χ3n) is 2.66. The van der Waals surface area contributed by atoms with E-state index in [1.807, 2.05) is 0 Å². The summed E-state index contributed by atoms with van der Waals surface area (Å²) in [5, 5.41) is 14.1. The van der Waals surface area contributed by atoms with Crippen molar-refractivity contribution in [2.24, 2.45) is 7.05 Å². The maximum absolute atomic E-state index is 12.1. The summed E-state index contributed by atoms with van der Waals surface area (Å²) in [7, 11) is 1.78. The summed E-state index contributed by atoms with van der Waals surface area (Å²) in [5.41, 5.74) is 1.40. The van der Waals surface area contributed by atoms with E-state index in [-0.39, 0.29) is 5.75 Å². The molecule has 0 bridgehead atoms. The molecule has 4 nitrogen and oxygen atoms in total. The highest BCUT2D eigenvalue weighted by Crippen LogP contribution is 2.23. The Morgan fingerprint density at radius 3 is 2.84 bits per heavy atom. The molecule has 1 unspecified atom stereocenters. The molecule has 0 saturated heterocycles. The van der Waals surface area contributed by atoms with Gasteiger partial charge in [-0.1, -0.05) is 12.1 Å². The zero-order valence-electron chi connectivity index (χ0n) is 10.3. The first kappa shape index (κ1) is 13.5. The Hall–Kier alpha value is -1.95. The number of hydrogen-bond acceptors (Lipinski definition) is 3. The van der Waals surface area contributed by atoms with Crippen LogP contribution in [0.4, 0.5) is 8.78 Å². The Balaban J connectivity index is 2.08. The van der Waals surface area contributed by atoms with Crippen molar-refractivity contribution >= 4 is 0 Å². The Morgan fingerprint density at radius 2 is 2.21 bits per heavy atom. The highest BCUT2D eigenvalue weighted by atomic mass is 19.3. The van der Waals surface area contributed by atoms with E-state index < -0.39 is 12.7 Å². The molecule has 1 atom stereocenters. The Labute approximate surface area is 109 Å². The monoisotopic (exact) mass is 268 g/mol. The third-order valence-corrected chi connectivity index (χ3v) is 2.66. The van der Waals surface area contributed by atoms with Gasteiger partial charge in [0, 0.05) is 19.7 Å². The molecule has 102 valence electrons. The van der Waals surface area contributed by atoms with Crippen molar-refractivity contribution in [3.8, 4) is 5.75 Å². The summed E-state index contributed by atoms with van der Waals surface area (Å²) in [6, 6.07) is 6.07. The summed E-state index contributed by atoms with van der Waals surface area (Å²) in [6.07, 6.45) is 3.03. The van der Waals surface area contributed by atoms with Gasteiger partial charge in [0.1, 0.15) is 5.75 Å². The van der Waals surface area contributed by atoms with Gasteiger partial charge in [-0.2, -0.15) is 13.9 Å². The molecule has 0 fully saturated rings. The second-order valence-corrected chi connectivity index (χ2v) is 4.19. The molecule has 0 spiro atoms. The molecular weight excluding hydrogens is 254 g/mol. The van der Waals surface area contributed by atoms with E-state index in [0.717, 1.165) is 5.56 Å². The quantitative estimate of drug-likeness (QED) is 0.905. The standard InChI is InChI=1S/C13H14F2N2O2/c1-17-8-9(7-16-17)5-12(18)10-3-2-4-11(6-10)19-13(14)15/h2-4,6-8,12-13,18H,5H2,1H3. The summed E-state index contributed by atoms with van der Waals surface area (Å²) < 4.78 is 30.2. The molecule has 1 N–H and O–H groups in total. The molecule has 0 aliphatic carbocycles. The number of aryl methyl sites for hydroxylation is 1. The maximum atomic E-state index is 12.1. The number of aliphatic hydroxyl groups is 1. The van der Waals surface area contributed by atoms with Gasteiger partial charge in [0.05, 0.1) is 12.3 Å². The minimum absolute atomic E-state index is 0.0396. The molecule has 6 heteroatoms. The minimum Gasteiger partial charge on any atom is -0.435 e. The molecule has 2 aromatic rings. The van der Waals surface area contributed by atoms with E-state index in [0.29, 0.717) is 12.0 Å². The Kier molecular flexibility index (Phi) is 4.11. The Bertz CT molecular complexity index is 543. The van der Waals surface area contributed by atoms with E-state index in [4.69, 9.17) is 0 Å². The van der Waals surface area contributed by atoms with Crippen molar-refractivity contribution in [3.05, 3.63) is 47.8 Å². The van der Waals surface area contributed by atoms with Crippen LogP contribution in [-0.2, 0) is 13.5 Å². The normalized spacial score (nSPS) is 12.7. The van der Waals surface area contributed by atoms with Crippen LogP contribution in [0, 0.1) is 0 Å². The van der Waals surface area contributed by atoms with E-state index in [9.17, 15) is 13.9 Å². The number of aliphatic hydroxyl groups excluding tert-OH is 1. The smallest absolute Gasteiger partial charge is 0.387 e. The minimum atomic E-state index is -2.87. The highest BCUT2D eigenvalue weighted by Gasteiger charge is 2.12. The number of hydrogen-bond donors (Lipinski definition) is 1. The second kappa shape index (κ2) is 5.79. The topological polar surface area (TPSA) is 47.3 Å². The van der Waals surface area contributed by atoms with Crippen molar-refractivity contribution in [1.29, 1.82) is 0 Å². The first-order valence-corrected chi connectivity index (χ1v) is 5.75. The fourth-order valence-electron chi connectivity index (χ4n) is 1.82. The van der Waals surface area contributed by atoms with E-state index in [1.165, 1.54) is 12.1 Å². The zero-order chi connectivity index (χ0) is 13.8. The molecule has 1 aromatic carbocycles. The van der Waals surface area contributed by atoms with E-state index >= 15 is 0 Å². The lowest BCUT2D eigenvalue weighted by Crippen LogP contribution is -2.04. The number of rotatable bonds is 5. The predicted octanol–water partition coefficient (Wildman–Crippen LogP) is 2.30. The van der Waals surface area contributed by atoms with Gasteiger partial charge in [0.15, 0.2) is 0 Å². The molecule has 0 saturated carbocycles. The maximum Gasteiger partial charge on any atom is 0.387 e. The van der Waals surface area contributed by atoms with Gasteiger partial charge in [-0.15, -0.1) is 0 Å². The molecule has 0 aliphatic heterocycles. The zero-order valence-corrected chi connectivity index (χ0v) is 10.3. The summed E-state index contributed by atoms with van der Waals surface area (Å²) in [6.45, 7) is -2.87. The Morgan fingerprint density at radius 1 is 1.42 bits per heavy atom. The van der Waals surface area contributed by atoms with Crippen LogP contribution in [0.2, 0.25) is 0 Å². The molecule has 1 heterocycles. The lowest BCUT2D eigenvalue weighted by molar-refractivity contribution is -0.0499. The summed E-state index contributed by atoms with van der Waals surface area (Å²) in [4.78, 5) is 0. The fourth-order valence-corrected chi connectivity index (χ4v) is 1.82. The van der Waals surface area contributed by atoms with Crippen LogP contribution in [0.5, 0.6) is 5.75 Å². The van der Waals surface area contributed by atoms with Gasteiger partial charge in [-0.25, -0.2) is 0 Å². The second-order valence-electron chi connectivity index (χ2n) is 4.19. The lowest BCUT2D eigenvalue weighted by atomic mass is 10.0. The van der Waals surface area contributed by atoms with Crippen molar-refractivity contribution in [2.75, 3.05) is 0 Å². The van der Waals surface area contributed by atoms with Crippen LogP contribution < -0.4 is 4.74 Å². The van der Waals surface area contributed by atoms with E-state index in [2.05, 4.69) is 9.84 Å². The van der Waals surface area contributed by atoms with Gasteiger partial charge in [0.2, 0.25) is 0 Å². The largest absolute Gasteiger partial charge is 0.435 e. The molecule has 1 aromatic heterocycles. The van der Waals surface area contributed by atoms with Crippen LogP contribution >= 0.6 is 0 Å². The van der Waals surface area contributed by atoms with Crippen molar-refractivity contribution in [2.45, 2.75) is 19.1 Å². The SMILES string of the molecule is Cn1cc(CC(O)c2cccc(OC(F)F)c2)cn1. The fraction of sp³-hybridized carbons (Fsp3) is 0.308. The number of alkyl halides is 2. The number of nitrogens with zero attached hydrogens (tertiary/aromatic N) is 2. The predicted molar refractivity (Wildman–Crippen MR) is 64.9 cm³/mol. The lowest BCUT2D eigenvalue weighted by Gasteiger charge is -2.11. The van der Waals surface area contributed by atoms with Gasteiger partial charge in [0.25, 0.3) is 0 Å². The first-order valence-electron chi connectivity index (χ1n) is 5.75.